The second kappa shape index (κ2) is 8.84. The van der Waals surface area contributed by atoms with Crippen LogP contribution < -0.4 is 10.1 Å². The maximum absolute atomic E-state index is 12.4. The van der Waals surface area contributed by atoms with Gasteiger partial charge in [-0.25, -0.2) is 0 Å². The smallest absolute Gasteiger partial charge is 0.266 e. The quantitative estimate of drug-likeness (QED) is 0.472. The van der Waals surface area contributed by atoms with Gasteiger partial charge in [0.05, 0.1) is 12.3 Å². The van der Waals surface area contributed by atoms with Gasteiger partial charge < -0.3 is 10.1 Å². The molecule has 0 fully saturated rings. The van der Waals surface area contributed by atoms with Gasteiger partial charge in [0.1, 0.15) is 17.4 Å². The van der Waals surface area contributed by atoms with Crippen molar-refractivity contribution in [1.82, 2.24) is 0 Å². The van der Waals surface area contributed by atoms with Gasteiger partial charge in [-0.05, 0) is 87.2 Å². The molecule has 0 aromatic heterocycles. The fourth-order valence-corrected chi connectivity index (χ4v) is 3.76. The standard InChI is InChI=1S/C19H16Br2N2O2/c1-3-25-15-6-4-13(5-7-15)10-14(11-22)19(24)23-18-16(20)8-12(2)9-17(18)21/h4-10H,3H2,1-2H3,(H,23,24)/b14-10+. The Morgan fingerprint density at radius 3 is 2.36 bits per heavy atom. The van der Waals surface area contributed by atoms with Crippen LogP contribution in [0.25, 0.3) is 6.08 Å². The molecule has 6 heteroatoms. The number of nitrogens with one attached hydrogen (secondary N) is 1. The van der Waals surface area contributed by atoms with E-state index in [0.717, 1.165) is 25.8 Å². The van der Waals surface area contributed by atoms with Gasteiger partial charge in [-0.15, -0.1) is 0 Å². The topological polar surface area (TPSA) is 62.1 Å². The van der Waals surface area contributed by atoms with Crippen LogP contribution in [0.15, 0.2) is 50.9 Å². The zero-order valence-corrected chi connectivity index (χ0v) is 16.9. The molecule has 0 unspecified atom stereocenters. The predicted octanol–water partition coefficient (Wildman–Crippen LogP) is 5.46. The molecule has 0 saturated carbocycles. The minimum atomic E-state index is -0.471. The van der Waals surface area contributed by atoms with E-state index in [4.69, 9.17) is 4.74 Å². The van der Waals surface area contributed by atoms with E-state index in [1.807, 2.05) is 32.0 Å². The van der Waals surface area contributed by atoms with E-state index < -0.39 is 5.91 Å². The molecule has 1 N–H and O–H groups in total. The maximum atomic E-state index is 12.4. The van der Waals surface area contributed by atoms with Crippen molar-refractivity contribution in [2.75, 3.05) is 11.9 Å². The van der Waals surface area contributed by atoms with Crippen LogP contribution in [0.2, 0.25) is 0 Å². The van der Waals surface area contributed by atoms with E-state index in [-0.39, 0.29) is 5.57 Å². The van der Waals surface area contributed by atoms with E-state index in [1.165, 1.54) is 0 Å². The van der Waals surface area contributed by atoms with Crippen molar-refractivity contribution in [2.45, 2.75) is 13.8 Å². The van der Waals surface area contributed by atoms with E-state index in [9.17, 15) is 10.1 Å². The van der Waals surface area contributed by atoms with Gasteiger partial charge in [0.2, 0.25) is 0 Å². The Bertz CT molecular complexity index is 830. The van der Waals surface area contributed by atoms with Gasteiger partial charge in [0, 0.05) is 8.95 Å². The molecule has 2 rings (SSSR count). The minimum absolute atomic E-state index is 0.0172. The Morgan fingerprint density at radius 1 is 1.24 bits per heavy atom. The van der Waals surface area contributed by atoms with Gasteiger partial charge in [0.15, 0.2) is 0 Å². The summed E-state index contributed by atoms with van der Waals surface area (Å²) < 4.78 is 6.86. The highest BCUT2D eigenvalue weighted by molar-refractivity contribution is 9.11. The van der Waals surface area contributed by atoms with Crippen molar-refractivity contribution in [2.24, 2.45) is 0 Å². The van der Waals surface area contributed by atoms with Gasteiger partial charge in [-0.3, -0.25) is 4.79 Å². The summed E-state index contributed by atoms with van der Waals surface area (Å²) in [5, 5.41) is 12.1. The number of nitrogens with zero attached hydrogens (tertiary/aromatic N) is 1. The second-order valence-electron chi connectivity index (χ2n) is 5.23. The van der Waals surface area contributed by atoms with E-state index in [1.54, 1.807) is 30.3 Å². The van der Waals surface area contributed by atoms with Crippen LogP contribution in [0.1, 0.15) is 18.1 Å². The highest BCUT2D eigenvalue weighted by Crippen LogP contribution is 2.32. The van der Waals surface area contributed by atoms with Gasteiger partial charge in [-0.1, -0.05) is 12.1 Å². The number of carbonyl (C=O) groups is 1. The third kappa shape index (κ3) is 5.18. The summed E-state index contributed by atoms with van der Waals surface area (Å²) in [5.74, 6) is 0.275. The Morgan fingerprint density at radius 2 is 1.84 bits per heavy atom. The molecule has 0 radical (unpaired) electrons. The summed E-state index contributed by atoms with van der Waals surface area (Å²) in [6, 6.07) is 12.9. The molecule has 128 valence electrons. The molecule has 0 aliphatic carbocycles. The summed E-state index contributed by atoms with van der Waals surface area (Å²) in [4.78, 5) is 12.4. The number of carbonyl (C=O) groups excluding carboxylic acids is 1. The molecule has 0 aliphatic rings. The number of hydrogen-bond donors (Lipinski definition) is 1. The lowest BCUT2D eigenvalue weighted by Gasteiger charge is -2.10. The summed E-state index contributed by atoms with van der Waals surface area (Å²) in [6.07, 6.45) is 1.54. The SMILES string of the molecule is CCOc1ccc(/C=C(\C#N)C(=O)Nc2c(Br)cc(C)cc2Br)cc1. The number of hydrogen-bond acceptors (Lipinski definition) is 3. The predicted molar refractivity (Wildman–Crippen MR) is 106 cm³/mol. The second-order valence-corrected chi connectivity index (χ2v) is 6.94. The number of halogens is 2. The molecule has 2 aromatic rings. The van der Waals surface area contributed by atoms with Crippen LogP contribution in [0.4, 0.5) is 5.69 Å². The van der Waals surface area contributed by atoms with Gasteiger partial charge in [-0.2, -0.15) is 5.26 Å². The fraction of sp³-hybridized carbons (Fsp3) is 0.158. The van der Waals surface area contributed by atoms with Gasteiger partial charge >= 0.3 is 0 Å². The molecule has 0 spiro atoms. The van der Waals surface area contributed by atoms with Crippen molar-refractivity contribution >= 4 is 49.5 Å². The highest BCUT2D eigenvalue weighted by atomic mass is 79.9. The lowest BCUT2D eigenvalue weighted by Crippen LogP contribution is -2.14. The zero-order chi connectivity index (χ0) is 18.4. The number of rotatable bonds is 5. The first-order valence-electron chi connectivity index (χ1n) is 7.56. The molecule has 0 aliphatic heterocycles. The average Bonchev–Trinajstić information content (AvgIpc) is 2.57. The Balaban J connectivity index is 2.23. The summed E-state index contributed by atoms with van der Waals surface area (Å²) >= 11 is 6.85. The Kier molecular flexibility index (Phi) is 6.80. The van der Waals surface area contributed by atoms with Crippen LogP contribution in [-0.2, 0) is 4.79 Å². The summed E-state index contributed by atoms with van der Waals surface area (Å²) in [7, 11) is 0. The lowest BCUT2D eigenvalue weighted by atomic mass is 10.1. The van der Waals surface area contributed by atoms with E-state index >= 15 is 0 Å². The van der Waals surface area contributed by atoms with Gasteiger partial charge in [0.25, 0.3) is 5.91 Å². The van der Waals surface area contributed by atoms with E-state index in [0.29, 0.717) is 12.3 Å². The molecular weight excluding hydrogens is 448 g/mol. The third-order valence-electron chi connectivity index (χ3n) is 3.29. The number of anilines is 1. The van der Waals surface area contributed by atoms with Crippen LogP contribution in [0.3, 0.4) is 0 Å². The highest BCUT2D eigenvalue weighted by Gasteiger charge is 2.14. The first-order chi connectivity index (χ1) is 11.9. The maximum Gasteiger partial charge on any atom is 0.266 e. The van der Waals surface area contributed by atoms with Crippen molar-refractivity contribution in [3.63, 3.8) is 0 Å². The third-order valence-corrected chi connectivity index (χ3v) is 4.54. The average molecular weight is 464 g/mol. The molecule has 0 atom stereocenters. The Hall–Kier alpha value is -2.10. The fourth-order valence-electron chi connectivity index (χ4n) is 2.14. The molecule has 1 amide bonds. The molecule has 25 heavy (non-hydrogen) atoms. The molecule has 4 nitrogen and oxygen atoms in total. The molecule has 0 heterocycles. The lowest BCUT2D eigenvalue weighted by molar-refractivity contribution is -0.112. The first kappa shape index (κ1) is 19.2. The first-order valence-corrected chi connectivity index (χ1v) is 9.15. The summed E-state index contributed by atoms with van der Waals surface area (Å²) in [5.41, 5.74) is 2.39. The number of amides is 1. The van der Waals surface area contributed by atoms with Crippen LogP contribution in [0.5, 0.6) is 5.75 Å². The molecule has 2 aromatic carbocycles. The van der Waals surface area contributed by atoms with Crippen LogP contribution in [-0.4, -0.2) is 12.5 Å². The number of ether oxygens (including phenoxy) is 1. The van der Waals surface area contributed by atoms with Crippen molar-refractivity contribution in [1.29, 1.82) is 5.26 Å². The molecule has 0 saturated heterocycles. The van der Waals surface area contributed by atoms with Crippen molar-refractivity contribution < 1.29 is 9.53 Å². The van der Waals surface area contributed by atoms with Crippen molar-refractivity contribution in [3.05, 3.63) is 62.0 Å². The van der Waals surface area contributed by atoms with Crippen LogP contribution >= 0.6 is 31.9 Å². The van der Waals surface area contributed by atoms with E-state index in [2.05, 4.69) is 37.2 Å². The molecule has 0 bridgehead atoms. The van der Waals surface area contributed by atoms with Crippen molar-refractivity contribution in [3.8, 4) is 11.8 Å². The molecular formula is C19H16Br2N2O2. The monoisotopic (exact) mass is 462 g/mol. The Labute approximate surface area is 163 Å². The number of benzene rings is 2. The zero-order valence-electron chi connectivity index (χ0n) is 13.8. The summed E-state index contributed by atoms with van der Waals surface area (Å²) in [6.45, 7) is 4.45. The number of nitriles is 1. The number of aryl methyl sites for hydroxylation is 1. The normalized spacial score (nSPS) is 10.9. The minimum Gasteiger partial charge on any atom is -0.494 e. The largest absolute Gasteiger partial charge is 0.494 e. The van der Waals surface area contributed by atoms with Crippen LogP contribution in [0, 0.1) is 18.3 Å².